The first-order chi connectivity index (χ1) is 28.5. The van der Waals surface area contributed by atoms with Gasteiger partial charge in [-0.25, -0.2) is 0 Å². The molecule has 272 valence electrons. The first-order valence-corrected chi connectivity index (χ1v) is 20.1. The van der Waals surface area contributed by atoms with Crippen LogP contribution in [0.5, 0.6) is 11.5 Å². The summed E-state index contributed by atoms with van der Waals surface area (Å²) in [5, 5.41) is 3.50. The Kier molecular flexibility index (Phi) is 6.29. The van der Waals surface area contributed by atoms with Crippen molar-refractivity contribution in [1.29, 1.82) is 0 Å². The molecule has 1 aliphatic carbocycles. The van der Waals surface area contributed by atoms with Crippen molar-refractivity contribution in [1.82, 2.24) is 4.57 Å². The minimum Gasteiger partial charge on any atom is -0.458 e. The van der Waals surface area contributed by atoms with Gasteiger partial charge in [0.15, 0.2) is 0 Å². The van der Waals surface area contributed by atoms with E-state index >= 15 is 0 Å². The Balaban J connectivity index is 1.02. The van der Waals surface area contributed by atoms with Gasteiger partial charge in [0.1, 0.15) is 22.7 Å². The fourth-order valence-corrected chi connectivity index (χ4v) is 10.6. The molecule has 8 aromatic carbocycles. The maximum absolute atomic E-state index is 7.07. The van der Waals surface area contributed by atoms with Gasteiger partial charge in [0.25, 0.3) is 6.71 Å². The zero-order valence-electron chi connectivity index (χ0n) is 32.0. The molecule has 4 nitrogen and oxygen atoms in total. The standard InChI is InChI=1S/C53H35BN2O2/c1-53(2)39-18-8-6-15-36(39)52-49(53)38-17-10-19-41-51(38)56(52)43-21-12-24-46-50(43)54(41)40-30-29-35(31-47(40)58-46)55(34-27-25-33(26-28-34)32-13-4-3-5-14-32)42-20-11-23-45-48(42)37-16-7-9-22-44(37)57-45/h3-31H,1-2H3. The number of fused-ring (bicyclic) bond motifs is 12. The fraction of sp³-hybridized carbons (Fsp3) is 0.0566. The molecule has 4 heterocycles. The molecule has 0 N–H and O–H groups in total. The molecule has 2 aliphatic heterocycles. The predicted molar refractivity (Wildman–Crippen MR) is 239 cm³/mol. The first kappa shape index (κ1) is 31.9. The van der Waals surface area contributed by atoms with E-state index in [2.05, 4.69) is 187 Å². The van der Waals surface area contributed by atoms with Crippen molar-refractivity contribution >= 4 is 73.0 Å². The summed E-state index contributed by atoms with van der Waals surface area (Å²) in [7, 11) is 0. The number of hydrogen-bond acceptors (Lipinski definition) is 3. The van der Waals surface area contributed by atoms with Gasteiger partial charge in [-0.3, -0.25) is 0 Å². The van der Waals surface area contributed by atoms with E-state index in [0.29, 0.717) is 0 Å². The van der Waals surface area contributed by atoms with E-state index in [1.54, 1.807) is 0 Å². The molecule has 0 spiro atoms. The number of ether oxygens (including phenoxy) is 1. The lowest BCUT2D eigenvalue weighted by Crippen LogP contribution is -2.58. The van der Waals surface area contributed by atoms with Gasteiger partial charge in [0.2, 0.25) is 0 Å². The van der Waals surface area contributed by atoms with Crippen molar-refractivity contribution in [2.24, 2.45) is 0 Å². The number of aromatic nitrogens is 1. The van der Waals surface area contributed by atoms with Crippen molar-refractivity contribution in [3.05, 3.63) is 187 Å². The van der Waals surface area contributed by atoms with Gasteiger partial charge < -0.3 is 18.6 Å². The smallest absolute Gasteiger partial charge is 0.256 e. The number of rotatable bonds is 4. The Labute approximate surface area is 336 Å². The summed E-state index contributed by atoms with van der Waals surface area (Å²) >= 11 is 0. The van der Waals surface area contributed by atoms with Gasteiger partial charge in [0, 0.05) is 50.4 Å². The molecular formula is C53H35BN2O2. The zero-order chi connectivity index (χ0) is 38.3. The average Bonchev–Trinajstić information content (AvgIpc) is 3.90. The molecule has 2 aromatic heterocycles. The van der Waals surface area contributed by atoms with E-state index in [1.807, 2.05) is 12.1 Å². The van der Waals surface area contributed by atoms with Gasteiger partial charge in [-0.05, 0) is 87.2 Å². The zero-order valence-corrected chi connectivity index (χ0v) is 32.0. The lowest BCUT2D eigenvalue weighted by molar-refractivity contribution is 0.487. The Morgan fingerprint density at radius 1 is 0.569 bits per heavy atom. The highest BCUT2D eigenvalue weighted by atomic mass is 16.5. The molecule has 58 heavy (non-hydrogen) atoms. The van der Waals surface area contributed by atoms with E-state index < -0.39 is 0 Å². The molecule has 0 fully saturated rings. The second-order valence-electron chi connectivity index (χ2n) is 16.4. The molecule has 5 heteroatoms. The summed E-state index contributed by atoms with van der Waals surface area (Å²) in [6.07, 6.45) is 0. The second kappa shape index (κ2) is 11.4. The van der Waals surface area contributed by atoms with Crippen LogP contribution in [0.2, 0.25) is 0 Å². The molecule has 0 radical (unpaired) electrons. The summed E-state index contributed by atoms with van der Waals surface area (Å²) in [5.74, 6) is 1.78. The number of benzene rings is 8. The van der Waals surface area contributed by atoms with Crippen LogP contribution >= 0.6 is 0 Å². The van der Waals surface area contributed by atoms with E-state index in [-0.39, 0.29) is 12.1 Å². The second-order valence-corrected chi connectivity index (χ2v) is 16.4. The Morgan fingerprint density at radius 2 is 1.29 bits per heavy atom. The van der Waals surface area contributed by atoms with Gasteiger partial charge >= 0.3 is 0 Å². The number of furan rings is 1. The van der Waals surface area contributed by atoms with Crippen LogP contribution in [0.4, 0.5) is 17.1 Å². The van der Waals surface area contributed by atoms with Crippen LogP contribution in [0.25, 0.3) is 60.9 Å². The largest absolute Gasteiger partial charge is 0.458 e. The number of nitrogens with zero attached hydrogens (tertiary/aromatic N) is 2. The van der Waals surface area contributed by atoms with Gasteiger partial charge in [-0.15, -0.1) is 0 Å². The SMILES string of the molecule is CC1(C)c2ccccc2-c2c1c1cccc3c1n2-c1cccc2c1B3c1ccc(N(c3ccc(-c4ccccc4)cc3)c3cccc4oc5ccccc5c34)cc1O2. The highest BCUT2D eigenvalue weighted by Gasteiger charge is 2.46. The highest BCUT2D eigenvalue weighted by Crippen LogP contribution is 2.54. The third-order valence-electron chi connectivity index (χ3n) is 13.0. The quantitative estimate of drug-likeness (QED) is 0.168. The number of para-hydroxylation sites is 2. The summed E-state index contributed by atoms with van der Waals surface area (Å²) in [6.45, 7) is 4.78. The van der Waals surface area contributed by atoms with E-state index in [9.17, 15) is 0 Å². The van der Waals surface area contributed by atoms with Gasteiger partial charge in [-0.2, -0.15) is 0 Å². The summed E-state index contributed by atoms with van der Waals surface area (Å²) in [4.78, 5) is 2.35. The molecule has 0 saturated heterocycles. The molecule has 0 atom stereocenters. The molecule has 0 amide bonds. The Bertz CT molecular complexity index is 3360. The van der Waals surface area contributed by atoms with Crippen LogP contribution < -0.4 is 26.0 Å². The molecular weight excluding hydrogens is 707 g/mol. The topological polar surface area (TPSA) is 30.5 Å². The highest BCUT2D eigenvalue weighted by molar-refractivity contribution is 6.99. The third kappa shape index (κ3) is 4.15. The van der Waals surface area contributed by atoms with Gasteiger partial charge in [-0.1, -0.05) is 135 Å². The van der Waals surface area contributed by atoms with Crippen molar-refractivity contribution in [3.8, 4) is 39.6 Å². The normalized spacial score (nSPS) is 13.9. The van der Waals surface area contributed by atoms with Crippen LogP contribution in [0, 0.1) is 0 Å². The van der Waals surface area contributed by atoms with Crippen LogP contribution in [0.3, 0.4) is 0 Å². The van der Waals surface area contributed by atoms with E-state index in [1.165, 1.54) is 66.5 Å². The maximum atomic E-state index is 7.07. The Hall–Kier alpha value is -7.24. The molecule has 0 bridgehead atoms. The number of anilines is 3. The fourth-order valence-electron chi connectivity index (χ4n) is 10.6. The molecule has 13 rings (SSSR count). The van der Waals surface area contributed by atoms with Crippen molar-refractivity contribution in [2.45, 2.75) is 19.3 Å². The van der Waals surface area contributed by atoms with Crippen LogP contribution in [-0.2, 0) is 5.41 Å². The van der Waals surface area contributed by atoms with Crippen molar-refractivity contribution in [3.63, 3.8) is 0 Å². The molecule has 0 unspecified atom stereocenters. The summed E-state index contributed by atoms with van der Waals surface area (Å²) in [5.41, 5.74) is 18.7. The minimum absolute atomic E-state index is 0.0217. The summed E-state index contributed by atoms with van der Waals surface area (Å²) < 4.78 is 16.0. The van der Waals surface area contributed by atoms with E-state index in [4.69, 9.17) is 9.15 Å². The van der Waals surface area contributed by atoms with Crippen LogP contribution in [-0.4, -0.2) is 11.3 Å². The van der Waals surface area contributed by atoms with E-state index in [0.717, 1.165) is 50.5 Å². The molecule has 0 saturated carbocycles. The average molecular weight is 743 g/mol. The summed E-state index contributed by atoms with van der Waals surface area (Å²) in [6, 6.07) is 63.4. The van der Waals surface area contributed by atoms with Crippen LogP contribution in [0.1, 0.15) is 25.0 Å². The van der Waals surface area contributed by atoms with Gasteiger partial charge in [0.05, 0.1) is 16.8 Å². The molecule has 10 aromatic rings. The predicted octanol–water partition coefficient (Wildman–Crippen LogP) is 11.9. The van der Waals surface area contributed by atoms with Crippen molar-refractivity contribution in [2.75, 3.05) is 4.90 Å². The molecule has 3 aliphatic rings. The maximum Gasteiger partial charge on any atom is 0.256 e. The number of hydrogen-bond donors (Lipinski definition) is 0. The van der Waals surface area contributed by atoms with Crippen molar-refractivity contribution < 1.29 is 9.15 Å². The Morgan fingerprint density at radius 3 is 2.19 bits per heavy atom. The lowest BCUT2D eigenvalue weighted by Gasteiger charge is -2.34. The third-order valence-corrected chi connectivity index (χ3v) is 13.0. The van der Waals surface area contributed by atoms with Crippen LogP contribution in [0.15, 0.2) is 180 Å². The monoisotopic (exact) mass is 742 g/mol. The lowest BCUT2D eigenvalue weighted by atomic mass is 9.34. The minimum atomic E-state index is -0.124. The first-order valence-electron chi connectivity index (χ1n) is 20.1.